The monoisotopic (exact) mass is 362 g/mol. The summed E-state index contributed by atoms with van der Waals surface area (Å²) >= 11 is 0. The van der Waals surface area contributed by atoms with E-state index >= 15 is 0 Å². The molecule has 0 spiro atoms. The van der Waals surface area contributed by atoms with Gasteiger partial charge in [-0.05, 0) is 45.8 Å². The van der Waals surface area contributed by atoms with Crippen LogP contribution in [0.2, 0.25) is 0 Å². The number of hydrogen-bond donors (Lipinski definition) is 2. The van der Waals surface area contributed by atoms with Crippen molar-refractivity contribution in [3.05, 3.63) is 29.8 Å². The number of aliphatic hydroxyl groups excluding tert-OH is 1. The normalized spacial score (nSPS) is 22.9. The predicted molar refractivity (Wildman–Crippen MR) is 105 cm³/mol. The third-order valence-corrected chi connectivity index (χ3v) is 4.83. The third kappa shape index (κ3) is 5.53. The highest BCUT2D eigenvalue weighted by Crippen LogP contribution is 2.34. The Morgan fingerprint density at radius 3 is 2.81 bits per heavy atom. The first-order valence-electron chi connectivity index (χ1n) is 9.77. The smallest absolute Gasteiger partial charge is 0.227 e. The lowest BCUT2D eigenvalue weighted by atomic mass is 9.96. The summed E-state index contributed by atoms with van der Waals surface area (Å²) in [6, 6.07) is 7.68. The topological polar surface area (TPSA) is 61.8 Å². The lowest BCUT2D eigenvalue weighted by Gasteiger charge is -2.33. The minimum atomic E-state index is -0.651. The Balaban J connectivity index is 2.24. The molecule has 2 atom stereocenters. The lowest BCUT2D eigenvalue weighted by molar-refractivity contribution is -0.120. The summed E-state index contributed by atoms with van der Waals surface area (Å²) in [6.07, 6.45) is 1.72. The molecule has 1 heterocycles. The highest BCUT2D eigenvalue weighted by Gasteiger charge is 2.33. The fourth-order valence-electron chi connectivity index (χ4n) is 3.27. The SMILES string of the molecule is CCCNCCCC(=O)N1CC(C)(C)OCC(C)C(O)c2ccccc21. The molecule has 1 aromatic carbocycles. The maximum Gasteiger partial charge on any atom is 0.227 e. The second-order valence-corrected chi connectivity index (χ2v) is 7.89. The van der Waals surface area contributed by atoms with Crippen molar-refractivity contribution in [2.75, 3.05) is 31.1 Å². The van der Waals surface area contributed by atoms with Crippen molar-refractivity contribution < 1.29 is 14.6 Å². The molecule has 0 radical (unpaired) electrons. The third-order valence-electron chi connectivity index (χ3n) is 4.83. The van der Waals surface area contributed by atoms with E-state index in [1.54, 1.807) is 4.90 Å². The van der Waals surface area contributed by atoms with Gasteiger partial charge in [-0.2, -0.15) is 0 Å². The summed E-state index contributed by atoms with van der Waals surface area (Å²) in [5.74, 6) is 0.0397. The number of fused-ring (bicyclic) bond motifs is 1. The molecule has 2 unspecified atom stereocenters. The van der Waals surface area contributed by atoms with Gasteiger partial charge in [-0.15, -0.1) is 0 Å². The standard InChI is InChI=1S/C21H34N2O3/c1-5-12-22-13-8-11-19(24)23-15-21(3,4)26-14-16(2)20(25)17-9-6-7-10-18(17)23/h6-7,9-10,16,20,22,25H,5,8,11-15H2,1-4H3. The van der Waals surface area contributed by atoms with E-state index in [9.17, 15) is 9.90 Å². The molecule has 26 heavy (non-hydrogen) atoms. The number of nitrogens with one attached hydrogen (secondary N) is 1. The number of amides is 1. The highest BCUT2D eigenvalue weighted by molar-refractivity contribution is 5.94. The number of aliphatic hydroxyl groups is 1. The number of hydrogen-bond acceptors (Lipinski definition) is 4. The van der Waals surface area contributed by atoms with E-state index < -0.39 is 11.7 Å². The molecule has 0 saturated heterocycles. The minimum absolute atomic E-state index is 0.0382. The molecule has 0 saturated carbocycles. The zero-order valence-electron chi connectivity index (χ0n) is 16.6. The number of nitrogens with zero attached hydrogens (tertiary/aromatic N) is 1. The van der Waals surface area contributed by atoms with Crippen LogP contribution in [0.25, 0.3) is 0 Å². The van der Waals surface area contributed by atoms with Crippen molar-refractivity contribution >= 4 is 11.6 Å². The number of carbonyl (C=O) groups is 1. The van der Waals surface area contributed by atoms with Crippen LogP contribution in [-0.2, 0) is 9.53 Å². The average molecular weight is 363 g/mol. The van der Waals surface area contributed by atoms with Crippen LogP contribution in [0.3, 0.4) is 0 Å². The van der Waals surface area contributed by atoms with Gasteiger partial charge < -0.3 is 20.1 Å². The van der Waals surface area contributed by atoms with Crippen molar-refractivity contribution in [3.8, 4) is 0 Å². The molecule has 5 nitrogen and oxygen atoms in total. The Hall–Kier alpha value is -1.43. The minimum Gasteiger partial charge on any atom is -0.388 e. The molecular weight excluding hydrogens is 328 g/mol. The fourth-order valence-corrected chi connectivity index (χ4v) is 3.27. The molecule has 146 valence electrons. The molecule has 0 aliphatic carbocycles. The van der Waals surface area contributed by atoms with Gasteiger partial charge >= 0.3 is 0 Å². The molecule has 1 aliphatic rings. The zero-order chi connectivity index (χ0) is 19.2. The molecule has 2 rings (SSSR count). The Kier molecular flexibility index (Phi) is 7.62. The maximum atomic E-state index is 13.0. The number of anilines is 1. The summed E-state index contributed by atoms with van der Waals surface area (Å²) < 4.78 is 6.04. The number of carbonyl (C=O) groups excluding carboxylic acids is 1. The first-order valence-corrected chi connectivity index (χ1v) is 9.77. The Labute approximate surface area is 157 Å². The van der Waals surface area contributed by atoms with Crippen LogP contribution in [0.5, 0.6) is 0 Å². The Bertz CT molecular complexity index is 588. The van der Waals surface area contributed by atoms with Crippen molar-refractivity contribution in [2.24, 2.45) is 5.92 Å². The number of benzene rings is 1. The van der Waals surface area contributed by atoms with Gasteiger partial charge in [0.15, 0.2) is 0 Å². The van der Waals surface area contributed by atoms with E-state index in [-0.39, 0.29) is 11.8 Å². The van der Waals surface area contributed by atoms with Crippen LogP contribution in [0.4, 0.5) is 5.69 Å². The van der Waals surface area contributed by atoms with E-state index in [0.29, 0.717) is 19.6 Å². The lowest BCUT2D eigenvalue weighted by Crippen LogP contribution is -2.44. The van der Waals surface area contributed by atoms with Crippen LogP contribution in [0, 0.1) is 5.92 Å². The highest BCUT2D eigenvalue weighted by atomic mass is 16.5. The number of rotatable bonds is 6. The summed E-state index contributed by atoms with van der Waals surface area (Å²) in [6.45, 7) is 10.9. The van der Waals surface area contributed by atoms with Crippen LogP contribution in [0.1, 0.15) is 58.6 Å². The van der Waals surface area contributed by atoms with E-state index in [1.807, 2.05) is 45.0 Å². The van der Waals surface area contributed by atoms with Crippen LogP contribution < -0.4 is 10.2 Å². The first kappa shape index (κ1) is 20.9. The second-order valence-electron chi connectivity index (χ2n) is 7.89. The summed E-state index contributed by atoms with van der Waals surface area (Å²) in [4.78, 5) is 14.8. The van der Waals surface area contributed by atoms with Crippen LogP contribution >= 0.6 is 0 Å². The van der Waals surface area contributed by atoms with E-state index in [4.69, 9.17) is 4.74 Å². The second kappa shape index (κ2) is 9.49. The molecule has 5 heteroatoms. The van der Waals surface area contributed by atoms with Gasteiger partial charge in [-0.25, -0.2) is 0 Å². The van der Waals surface area contributed by atoms with Crippen molar-refractivity contribution in [2.45, 2.75) is 58.7 Å². The van der Waals surface area contributed by atoms with Gasteiger partial charge in [-0.1, -0.05) is 32.0 Å². The fraction of sp³-hybridized carbons (Fsp3) is 0.667. The molecule has 0 aromatic heterocycles. The van der Waals surface area contributed by atoms with E-state index in [1.165, 1.54) is 0 Å². The molecule has 1 aromatic rings. The average Bonchev–Trinajstić information content (AvgIpc) is 2.66. The maximum absolute atomic E-state index is 13.0. The molecule has 1 amide bonds. The molecule has 1 aliphatic heterocycles. The zero-order valence-corrected chi connectivity index (χ0v) is 16.6. The van der Waals surface area contributed by atoms with Crippen molar-refractivity contribution in [1.82, 2.24) is 5.32 Å². The van der Waals surface area contributed by atoms with E-state index in [0.717, 1.165) is 37.2 Å². The molecule has 2 N–H and O–H groups in total. The molecule has 0 bridgehead atoms. The predicted octanol–water partition coefficient (Wildman–Crippen LogP) is 3.28. The largest absolute Gasteiger partial charge is 0.388 e. The van der Waals surface area contributed by atoms with Gasteiger partial charge in [0.2, 0.25) is 5.91 Å². The summed E-state index contributed by atoms with van der Waals surface area (Å²) in [7, 11) is 0. The van der Waals surface area contributed by atoms with Gasteiger partial charge in [-0.3, -0.25) is 4.79 Å². The number of para-hydroxylation sites is 1. The van der Waals surface area contributed by atoms with Gasteiger partial charge in [0, 0.05) is 23.6 Å². The number of ether oxygens (including phenoxy) is 1. The van der Waals surface area contributed by atoms with Crippen LogP contribution in [-0.4, -0.2) is 42.9 Å². The van der Waals surface area contributed by atoms with Gasteiger partial charge in [0.1, 0.15) is 0 Å². The van der Waals surface area contributed by atoms with Crippen molar-refractivity contribution in [3.63, 3.8) is 0 Å². The van der Waals surface area contributed by atoms with Crippen molar-refractivity contribution in [1.29, 1.82) is 0 Å². The van der Waals surface area contributed by atoms with Gasteiger partial charge in [0.05, 0.1) is 24.9 Å². The summed E-state index contributed by atoms with van der Waals surface area (Å²) in [5, 5.41) is 14.1. The molecule has 0 fully saturated rings. The molecular formula is C21H34N2O3. The quantitative estimate of drug-likeness (QED) is 0.763. The Morgan fingerprint density at radius 1 is 1.35 bits per heavy atom. The summed E-state index contributed by atoms with van der Waals surface area (Å²) in [5.41, 5.74) is 1.14. The van der Waals surface area contributed by atoms with Crippen LogP contribution in [0.15, 0.2) is 24.3 Å². The van der Waals surface area contributed by atoms with Gasteiger partial charge in [0.25, 0.3) is 0 Å². The Morgan fingerprint density at radius 2 is 2.08 bits per heavy atom. The first-order chi connectivity index (χ1) is 12.4. The van der Waals surface area contributed by atoms with E-state index in [2.05, 4.69) is 12.2 Å².